The highest BCUT2D eigenvalue weighted by atomic mass is 79.9. The van der Waals surface area contributed by atoms with Gasteiger partial charge < -0.3 is 4.74 Å². The molecule has 0 radical (unpaired) electrons. The molecule has 0 aliphatic carbocycles. The largest absolute Gasteiger partial charge is 0.492 e. The van der Waals surface area contributed by atoms with Gasteiger partial charge in [-0.1, -0.05) is 54.2 Å². The number of hydrogen-bond acceptors (Lipinski definition) is 1. The van der Waals surface area contributed by atoms with Gasteiger partial charge in [-0.15, -0.1) is 0 Å². The van der Waals surface area contributed by atoms with E-state index in [2.05, 4.69) is 45.7 Å². The van der Waals surface area contributed by atoms with Crippen LogP contribution in [0.2, 0.25) is 5.02 Å². The molecule has 0 saturated heterocycles. The second-order valence-corrected chi connectivity index (χ2v) is 6.85. The summed E-state index contributed by atoms with van der Waals surface area (Å²) in [5.74, 6) is 0.863. The minimum atomic E-state index is 0.225. The summed E-state index contributed by atoms with van der Waals surface area (Å²) in [7, 11) is 0. The van der Waals surface area contributed by atoms with Crippen LogP contribution >= 0.6 is 43.5 Å². The molecule has 0 fully saturated rings. The van der Waals surface area contributed by atoms with E-state index in [1.165, 1.54) is 25.7 Å². The van der Waals surface area contributed by atoms with E-state index in [0.717, 1.165) is 22.2 Å². The van der Waals surface area contributed by atoms with E-state index in [4.69, 9.17) is 16.3 Å². The summed E-state index contributed by atoms with van der Waals surface area (Å²) in [6.45, 7) is 5.19. The first-order chi connectivity index (χ1) is 9.06. The minimum absolute atomic E-state index is 0.225. The first-order valence-electron chi connectivity index (χ1n) is 6.70. The Bertz CT molecular complexity index is 390. The fourth-order valence-corrected chi connectivity index (χ4v) is 3.85. The van der Waals surface area contributed by atoms with Gasteiger partial charge in [-0.05, 0) is 47.0 Å². The molecular formula is C15H21Br2ClO. The molecule has 0 heterocycles. The van der Waals surface area contributed by atoms with Crippen molar-refractivity contribution in [3.63, 3.8) is 0 Å². The first-order valence-corrected chi connectivity index (χ1v) is 9.00. The number of benzene rings is 1. The molecule has 0 saturated carbocycles. The molecule has 0 aromatic heterocycles. The van der Waals surface area contributed by atoms with Crippen molar-refractivity contribution in [2.24, 2.45) is 5.41 Å². The van der Waals surface area contributed by atoms with E-state index in [9.17, 15) is 0 Å². The van der Waals surface area contributed by atoms with Crippen molar-refractivity contribution in [2.45, 2.75) is 39.5 Å². The number of rotatable bonds is 8. The average molecular weight is 413 g/mol. The van der Waals surface area contributed by atoms with Gasteiger partial charge in [0.25, 0.3) is 0 Å². The molecule has 1 aromatic rings. The first kappa shape index (κ1) is 17.3. The van der Waals surface area contributed by atoms with E-state index in [-0.39, 0.29) is 5.41 Å². The fraction of sp³-hybridized carbons (Fsp3) is 0.600. The third kappa shape index (κ3) is 5.28. The summed E-state index contributed by atoms with van der Waals surface area (Å²) in [5, 5.41) is 1.69. The Balaban J connectivity index is 2.74. The Hall–Kier alpha value is 0.270. The summed E-state index contributed by atoms with van der Waals surface area (Å²) in [6, 6.07) is 5.65. The maximum atomic E-state index is 6.02. The second kappa shape index (κ2) is 8.53. The predicted molar refractivity (Wildman–Crippen MR) is 90.7 cm³/mol. The van der Waals surface area contributed by atoms with Gasteiger partial charge in [-0.2, -0.15) is 0 Å². The molecule has 0 N–H and O–H groups in total. The van der Waals surface area contributed by atoms with Crippen LogP contribution in [0.25, 0.3) is 0 Å². The zero-order valence-corrected chi connectivity index (χ0v) is 15.4. The Morgan fingerprint density at radius 3 is 2.32 bits per heavy atom. The highest BCUT2D eigenvalue weighted by Crippen LogP contribution is 2.35. The highest BCUT2D eigenvalue weighted by molar-refractivity contribution is 9.10. The van der Waals surface area contributed by atoms with Gasteiger partial charge in [0.2, 0.25) is 0 Å². The van der Waals surface area contributed by atoms with Crippen molar-refractivity contribution in [1.29, 1.82) is 0 Å². The monoisotopic (exact) mass is 410 g/mol. The van der Waals surface area contributed by atoms with Crippen LogP contribution in [-0.2, 0) is 0 Å². The molecule has 19 heavy (non-hydrogen) atoms. The van der Waals surface area contributed by atoms with Crippen LogP contribution in [0.15, 0.2) is 22.7 Å². The Labute approximate surface area is 138 Å². The topological polar surface area (TPSA) is 9.23 Å². The predicted octanol–water partition coefficient (Wildman–Crippen LogP) is 6.46. The van der Waals surface area contributed by atoms with Gasteiger partial charge in [0.05, 0.1) is 11.1 Å². The van der Waals surface area contributed by atoms with Crippen LogP contribution in [0.5, 0.6) is 5.75 Å². The quantitative estimate of drug-likeness (QED) is 0.445. The van der Waals surface area contributed by atoms with E-state index in [0.29, 0.717) is 5.02 Å². The summed E-state index contributed by atoms with van der Waals surface area (Å²) in [5.41, 5.74) is 0.225. The zero-order valence-electron chi connectivity index (χ0n) is 11.5. The van der Waals surface area contributed by atoms with Gasteiger partial charge in [0, 0.05) is 15.8 Å². The van der Waals surface area contributed by atoms with Crippen molar-refractivity contribution in [3.8, 4) is 5.75 Å². The van der Waals surface area contributed by atoms with Crippen molar-refractivity contribution < 1.29 is 4.74 Å². The molecule has 1 aromatic carbocycles. The molecule has 0 bridgehead atoms. The molecular weight excluding hydrogens is 391 g/mol. The summed E-state index contributed by atoms with van der Waals surface area (Å²) in [6.07, 6.45) is 4.71. The number of halogens is 3. The standard InChI is InChI=1S/C15H21Br2ClO/c1-3-7-15(10-16,8-4-2)11-19-14-6-5-12(18)9-13(14)17/h5-6,9H,3-4,7-8,10-11H2,1-2H3. The molecule has 1 nitrogen and oxygen atoms in total. The van der Waals surface area contributed by atoms with E-state index < -0.39 is 0 Å². The van der Waals surface area contributed by atoms with Crippen LogP contribution in [0, 0.1) is 5.41 Å². The zero-order chi connectivity index (χ0) is 14.3. The van der Waals surface area contributed by atoms with Gasteiger partial charge in [0.1, 0.15) is 5.75 Å². The molecule has 108 valence electrons. The molecule has 0 amide bonds. The van der Waals surface area contributed by atoms with Crippen molar-refractivity contribution >= 4 is 43.5 Å². The van der Waals surface area contributed by atoms with Crippen LogP contribution in [0.4, 0.5) is 0 Å². The van der Waals surface area contributed by atoms with Crippen LogP contribution in [-0.4, -0.2) is 11.9 Å². The third-order valence-electron chi connectivity index (χ3n) is 3.27. The molecule has 0 atom stereocenters. The molecule has 0 unspecified atom stereocenters. The van der Waals surface area contributed by atoms with Crippen molar-refractivity contribution in [3.05, 3.63) is 27.7 Å². The molecule has 0 aliphatic heterocycles. The lowest BCUT2D eigenvalue weighted by Crippen LogP contribution is -2.30. The highest BCUT2D eigenvalue weighted by Gasteiger charge is 2.28. The molecule has 1 rings (SSSR count). The van der Waals surface area contributed by atoms with Crippen LogP contribution < -0.4 is 4.74 Å². The minimum Gasteiger partial charge on any atom is -0.492 e. The van der Waals surface area contributed by atoms with E-state index in [1.807, 2.05) is 18.2 Å². The van der Waals surface area contributed by atoms with Gasteiger partial charge >= 0.3 is 0 Å². The molecule has 0 spiro atoms. The SMILES string of the molecule is CCCC(CBr)(CCC)COc1ccc(Cl)cc1Br. The molecule has 4 heteroatoms. The maximum absolute atomic E-state index is 6.02. The number of ether oxygens (including phenoxy) is 1. The van der Waals surface area contributed by atoms with Crippen LogP contribution in [0.3, 0.4) is 0 Å². The van der Waals surface area contributed by atoms with Crippen LogP contribution in [0.1, 0.15) is 39.5 Å². The Kier molecular flexibility index (Phi) is 7.78. The summed E-state index contributed by atoms with van der Waals surface area (Å²) < 4.78 is 6.93. The van der Waals surface area contributed by atoms with E-state index in [1.54, 1.807) is 0 Å². The van der Waals surface area contributed by atoms with Gasteiger partial charge in [-0.25, -0.2) is 0 Å². The maximum Gasteiger partial charge on any atom is 0.133 e. The third-order valence-corrected chi connectivity index (χ3v) is 5.32. The lowest BCUT2D eigenvalue weighted by atomic mass is 9.82. The lowest BCUT2D eigenvalue weighted by molar-refractivity contribution is 0.144. The molecule has 0 aliphatic rings. The summed E-state index contributed by atoms with van der Waals surface area (Å²) in [4.78, 5) is 0. The number of alkyl halides is 1. The smallest absolute Gasteiger partial charge is 0.133 e. The normalized spacial score (nSPS) is 11.6. The summed E-state index contributed by atoms with van der Waals surface area (Å²) >= 11 is 13.1. The average Bonchev–Trinajstić information content (AvgIpc) is 2.38. The Morgan fingerprint density at radius 2 is 1.84 bits per heavy atom. The van der Waals surface area contributed by atoms with Crippen molar-refractivity contribution in [1.82, 2.24) is 0 Å². The second-order valence-electron chi connectivity index (χ2n) is 5.00. The van der Waals surface area contributed by atoms with Crippen molar-refractivity contribution in [2.75, 3.05) is 11.9 Å². The fourth-order valence-electron chi connectivity index (χ4n) is 2.33. The van der Waals surface area contributed by atoms with E-state index >= 15 is 0 Å². The Morgan fingerprint density at radius 1 is 1.21 bits per heavy atom. The lowest BCUT2D eigenvalue weighted by Gasteiger charge is -2.31. The van der Waals surface area contributed by atoms with Gasteiger partial charge in [-0.3, -0.25) is 0 Å². The van der Waals surface area contributed by atoms with Gasteiger partial charge in [0.15, 0.2) is 0 Å². The number of hydrogen-bond donors (Lipinski definition) is 0.